The van der Waals surface area contributed by atoms with E-state index in [0.29, 0.717) is 16.4 Å². The van der Waals surface area contributed by atoms with Gasteiger partial charge in [-0.3, -0.25) is 9.69 Å². The number of likely N-dealkylation sites (tertiary alicyclic amines) is 1. The summed E-state index contributed by atoms with van der Waals surface area (Å²) in [4.78, 5) is 21.8. The monoisotopic (exact) mass is 343 g/mol. The Kier molecular flexibility index (Phi) is 5.48. The Hall–Kier alpha value is -1.91. The van der Waals surface area contributed by atoms with Gasteiger partial charge in [0.05, 0.1) is 11.1 Å². The standard InChI is InChI=1S/C19H22ClN3O/c1-2-22-13-7-10-16(14-22)23(18-17(20)11-6-12-21-18)19(24)15-8-4-3-5-9-15/h3-6,8-9,11-12,16H,2,7,10,13-14H2,1H3. The van der Waals surface area contributed by atoms with Crippen LogP contribution in [0.4, 0.5) is 5.82 Å². The summed E-state index contributed by atoms with van der Waals surface area (Å²) in [5.74, 6) is 0.509. The molecule has 1 aromatic carbocycles. The molecule has 3 rings (SSSR count). The molecule has 2 heterocycles. The number of nitrogens with zero attached hydrogens (tertiary/aromatic N) is 3. The van der Waals surface area contributed by atoms with Crippen molar-refractivity contribution in [3.05, 3.63) is 59.2 Å². The fourth-order valence-electron chi connectivity index (χ4n) is 3.24. The molecule has 0 N–H and O–H groups in total. The van der Waals surface area contributed by atoms with Gasteiger partial charge in [-0.15, -0.1) is 0 Å². The Bertz CT molecular complexity index is 692. The number of benzene rings is 1. The van der Waals surface area contributed by atoms with Crippen molar-refractivity contribution in [2.45, 2.75) is 25.8 Å². The topological polar surface area (TPSA) is 36.4 Å². The first-order chi connectivity index (χ1) is 11.7. The van der Waals surface area contributed by atoms with E-state index in [2.05, 4.69) is 16.8 Å². The average Bonchev–Trinajstić information content (AvgIpc) is 2.64. The van der Waals surface area contributed by atoms with Gasteiger partial charge in [0.2, 0.25) is 0 Å². The van der Waals surface area contributed by atoms with Crippen molar-refractivity contribution in [3.63, 3.8) is 0 Å². The molecule has 1 amide bonds. The third-order valence-electron chi connectivity index (χ3n) is 4.50. The van der Waals surface area contributed by atoms with E-state index < -0.39 is 0 Å². The van der Waals surface area contributed by atoms with Gasteiger partial charge in [-0.25, -0.2) is 4.98 Å². The van der Waals surface area contributed by atoms with Crippen LogP contribution in [0.15, 0.2) is 48.7 Å². The molecule has 1 saturated heterocycles. The lowest BCUT2D eigenvalue weighted by Gasteiger charge is -2.38. The summed E-state index contributed by atoms with van der Waals surface area (Å²) < 4.78 is 0. The van der Waals surface area contributed by atoms with Crippen LogP contribution in [-0.4, -0.2) is 41.5 Å². The van der Waals surface area contributed by atoms with E-state index in [9.17, 15) is 4.79 Å². The molecule has 126 valence electrons. The van der Waals surface area contributed by atoms with Crippen molar-refractivity contribution in [2.75, 3.05) is 24.5 Å². The number of aromatic nitrogens is 1. The van der Waals surface area contributed by atoms with Crippen molar-refractivity contribution in [2.24, 2.45) is 0 Å². The molecular weight excluding hydrogens is 322 g/mol. The number of likely N-dealkylation sites (N-methyl/N-ethyl adjacent to an activating group) is 1. The molecule has 1 fully saturated rings. The number of carbonyl (C=O) groups excluding carboxylic acids is 1. The normalized spacial score (nSPS) is 18.3. The van der Waals surface area contributed by atoms with Crippen molar-refractivity contribution < 1.29 is 4.79 Å². The number of amides is 1. The van der Waals surface area contributed by atoms with Crippen LogP contribution in [0.3, 0.4) is 0 Å². The number of piperidine rings is 1. The second-order valence-corrected chi connectivity index (χ2v) is 6.45. The maximum Gasteiger partial charge on any atom is 0.259 e. The molecule has 1 unspecified atom stereocenters. The van der Waals surface area contributed by atoms with Gasteiger partial charge in [-0.2, -0.15) is 0 Å². The summed E-state index contributed by atoms with van der Waals surface area (Å²) in [5.41, 5.74) is 0.660. The third kappa shape index (κ3) is 3.60. The largest absolute Gasteiger partial charge is 0.302 e. The van der Waals surface area contributed by atoms with Gasteiger partial charge in [0.15, 0.2) is 5.82 Å². The summed E-state index contributed by atoms with van der Waals surface area (Å²) in [6, 6.07) is 13.0. The highest BCUT2D eigenvalue weighted by Gasteiger charge is 2.31. The highest BCUT2D eigenvalue weighted by Crippen LogP contribution is 2.29. The first-order valence-electron chi connectivity index (χ1n) is 8.42. The van der Waals surface area contributed by atoms with Crippen LogP contribution < -0.4 is 4.90 Å². The van der Waals surface area contributed by atoms with Crippen LogP contribution in [-0.2, 0) is 0 Å². The molecule has 5 heteroatoms. The maximum absolute atomic E-state index is 13.2. The summed E-state index contributed by atoms with van der Waals surface area (Å²) in [7, 11) is 0. The predicted octanol–water partition coefficient (Wildman–Crippen LogP) is 3.87. The number of pyridine rings is 1. The Morgan fingerprint density at radius 3 is 2.79 bits per heavy atom. The average molecular weight is 344 g/mol. The zero-order valence-electron chi connectivity index (χ0n) is 13.9. The lowest BCUT2D eigenvalue weighted by Crippen LogP contribution is -2.50. The number of hydrogen-bond donors (Lipinski definition) is 0. The van der Waals surface area contributed by atoms with Crippen molar-refractivity contribution in [3.8, 4) is 0 Å². The highest BCUT2D eigenvalue weighted by atomic mass is 35.5. The fraction of sp³-hybridized carbons (Fsp3) is 0.368. The van der Waals surface area contributed by atoms with E-state index >= 15 is 0 Å². The van der Waals surface area contributed by atoms with Gasteiger partial charge in [0, 0.05) is 18.3 Å². The van der Waals surface area contributed by atoms with Crippen LogP contribution in [0.1, 0.15) is 30.1 Å². The van der Waals surface area contributed by atoms with E-state index in [0.717, 1.165) is 32.5 Å². The van der Waals surface area contributed by atoms with Crippen LogP contribution in [0.25, 0.3) is 0 Å². The minimum Gasteiger partial charge on any atom is -0.302 e. The molecule has 0 aliphatic carbocycles. The summed E-state index contributed by atoms with van der Waals surface area (Å²) >= 11 is 6.37. The van der Waals surface area contributed by atoms with Crippen LogP contribution in [0.5, 0.6) is 0 Å². The first-order valence-corrected chi connectivity index (χ1v) is 8.80. The van der Waals surface area contributed by atoms with Gasteiger partial charge >= 0.3 is 0 Å². The molecule has 1 aliphatic heterocycles. The Morgan fingerprint density at radius 2 is 2.08 bits per heavy atom. The van der Waals surface area contributed by atoms with Crippen molar-refractivity contribution in [1.82, 2.24) is 9.88 Å². The van der Waals surface area contributed by atoms with E-state index in [1.54, 1.807) is 23.2 Å². The van der Waals surface area contributed by atoms with E-state index in [1.807, 2.05) is 30.3 Å². The Labute approximate surface area is 148 Å². The predicted molar refractivity (Wildman–Crippen MR) is 97.6 cm³/mol. The molecule has 1 atom stereocenters. The second kappa shape index (κ2) is 7.77. The summed E-state index contributed by atoms with van der Waals surface area (Å²) in [6.07, 6.45) is 3.72. The molecule has 0 saturated carbocycles. The lowest BCUT2D eigenvalue weighted by molar-refractivity contribution is 0.0955. The van der Waals surface area contributed by atoms with Gasteiger partial charge in [0.25, 0.3) is 5.91 Å². The highest BCUT2D eigenvalue weighted by molar-refractivity contribution is 6.33. The van der Waals surface area contributed by atoms with Crippen molar-refractivity contribution >= 4 is 23.3 Å². The molecule has 0 bridgehead atoms. The molecule has 1 aromatic heterocycles. The first kappa shape index (κ1) is 16.9. The maximum atomic E-state index is 13.2. The summed E-state index contributed by atoms with van der Waals surface area (Å²) in [6.45, 7) is 5.07. The van der Waals surface area contributed by atoms with Gasteiger partial charge in [0.1, 0.15) is 0 Å². The quantitative estimate of drug-likeness (QED) is 0.845. The smallest absolute Gasteiger partial charge is 0.259 e. The van der Waals surface area contributed by atoms with Gasteiger partial charge in [-0.05, 0) is 50.2 Å². The SMILES string of the molecule is CCN1CCCC(N(C(=O)c2ccccc2)c2ncccc2Cl)C1. The minimum absolute atomic E-state index is 0.0425. The number of carbonyl (C=O) groups is 1. The Morgan fingerprint density at radius 1 is 1.29 bits per heavy atom. The van der Waals surface area contributed by atoms with Gasteiger partial charge < -0.3 is 4.90 Å². The molecule has 0 radical (unpaired) electrons. The fourth-order valence-corrected chi connectivity index (χ4v) is 3.45. The van der Waals surface area contributed by atoms with Gasteiger partial charge in [-0.1, -0.05) is 36.7 Å². The minimum atomic E-state index is -0.0425. The van der Waals surface area contributed by atoms with E-state index in [-0.39, 0.29) is 11.9 Å². The van der Waals surface area contributed by atoms with Crippen LogP contribution >= 0.6 is 11.6 Å². The summed E-state index contributed by atoms with van der Waals surface area (Å²) in [5, 5.41) is 0.510. The molecule has 2 aromatic rings. The zero-order chi connectivity index (χ0) is 16.9. The van der Waals surface area contributed by atoms with Crippen molar-refractivity contribution in [1.29, 1.82) is 0 Å². The molecular formula is C19H22ClN3O. The van der Waals surface area contributed by atoms with E-state index in [1.165, 1.54) is 0 Å². The molecule has 0 spiro atoms. The van der Waals surface area contributed by atoms with E-state index in [4.69, 9.17) is 11.6 Å². The number of rotatable bonds is 4. The second-order valence-electron chi connectivity index (χ2n) is 6.04. The zero-order valence-corrected chi connectivity index (χ0v) is 14.6. The third-order valence-corrected chi connectivity index (χ3v) is 4.79. The number of hydrogen-bond acceptors (Lipinski definition) is 3. The molecule has 1 aliphatic rings. The van der Waals surface area contributed by atoms with Crippen LogP contribution in [0.2, 0.25) is 5.02 Å². The number of anilines is 1. The number of halogens is 1. The molecule has 24 heavy (non-hydrogen) atoms. The van der Waals surface area contributed by atoms with Crippen LogP contribution in [0, 0.1) is 0 Å². The Balaban J connectivity index is 1.98. The molecule has 4 nitrogen and oxygen atoms in total. The lowest BCUT2D eigenvalue weighted by atomic mass is 10.0.